The van der Waals surface area contributed by atoms with Crippen molar-refractivity contribution in [1.29, 1.82) is 0 Å². The van der Waals surface area contributed by atoms with Gasteiger partial charge in [-0.05, 0) is 37.7 Å². The Morgan fingerprint density at radius 3 is 2.93 bits per heavy atom. The summed E-state index contributed by atoms with van der Waals surface area (Å²) >= 11 is 0. The molecule has 0 saturated heterocycles. The lowest BCUT2D eigenvalue weighted by Crippen LogP contribution is -2.17. The van der Waals surface area contributed by atoms with Gasteiger partial charge in [0, 0.05) is 13.7 Å². The molecule has 15 heavy (non-hydrogen) atoms. The van der Waals surface area contributed by atoms with Crippen LogP contribution in [0.3, 0.4) is 0 Å². The molecule has 0 spiro atoms. The number of methoxy groups -OCH3 is 1. The van der Waals surface area contributed by atoms with Gasteiger partial charge in [-0.1, -0.05) is 11.6 Å². The summed E-state index contributed by atoms with van der Waals surface area (Å²) in [6.07, 6.45) is 7.69. The highest BCUT2D eigenvalue weighted by Crippen LogP contribution is 2.34. The van der Waals surface area contributed by atoms with Crippen molar-refractivity contribution in [3.63, 3.8) is 0 Å². The highest BCUT2D eigenvalue weighted by Gasteiger charge is 2.24. The number of hydrogen-bond donors (Lipinski definition) is 0. The van der Waals surface area contributed by atoms with Crippen LogP contribution in [0.1, 0.15) is 26.2 Å². The average molecular weight is 206 g/mol. The zero-order chi connectivity index (χ0) is 10.7. The molecule has 82 valence electrons. The Kier molecular flexibility index (Phi) is 3.31. The molecule has 0 aromatic carbocycles. The van der Waals surface area contributed by atoms with Crippen LogP contribution in [-0.4, -0.2) is 19.8 Å². The van der Waals surface area contributed by atoms with Crippen LogP contribution < -0.4 is 0 Å². The number of nitrogens with zero attached hydrogens (tertiary/aromatic N) is 2. The molecule has 0 fully saturated rings. The maximum absolute atomic E-state index is 5.05. The molecule has 0 radical (unpaired) electrons. The fourth-order valence-electron chi connectivity index (χ4n) is 2.11. The number of azo groups is 1. The van der Waals surface area contributed by atoms with E-state index in [2.05, 4.69) is 23.2 Å². The fraction of sp³-hybridized carbons (Fsp3) is 0.667. The van der Waals surface area contributed by atoms with E-state index in [0.29, 0.717) is 12.0 Å². The molecule has 0 aromatic rings. The summed E-state index contributed by atoms with van der Waals surface area (Å²) in [5.41, 5.74) is 2.84. The lowest BCUT2D eigenvalue weighted by molar-refractivity contribution is 0.199. The van der Waals surface area contributed by atoms with Crippen LogP contribution >= 0.6 is 0 Å². The summed E-state index contributed by atoms with van der Waals surface area (Å²) in [6, 6.07) is 0.343. The SMILES string of the molecule is COCCC1=CC(C[C@H]2N=NC=C2C)C1. The normalized spacial score (nSPS) is 28.7. The third-order valence-corrected chi connectivity index (χ3v) is 3.14. The van der Waals surface area contributed by atoms with Gasteiger partial charge in [0.25, 0.3) is 0 Å². The number of rotatable bonds is 5. The van der Waals surface area contributed by atoms with Crippen LogP contribution in [0.15, 0.2) is 33.7 Å². The van der Waals surface area contributed by atoms with Crippen molar-refractivity contribution in [2.45, 2.75) is 32.2 Å². The molecule has 3 nitrogen and oxygen atoms in total. The van der Waals surface area contributed by atoms with Crippen molar-refractivity contribution in [2.75, 3.05) is 13.7 Å². The van der Waals surface area contributed by atoms with Crippen LogP contribution in [0.4, 0.5) is 0 Å². The van der Waals surface area contributed by atoms with Gasteiger partial charge in [0.05, 0.1) is 12.2 Å². The van der Waals surface area contributed by atoms with Gasteiger partial charge >= 0.3 is 0 Å². The van der Waals surface area contributed by atoms with Crippen molar-refractivity contribution in [3.05, 3.63) is 23.4 Å². The third kappa shape index (κ3) is 2.53. The van der Waals surface area contributed by atoms with Crippen molar-refractivity contribution in [2.24, 2.45) is 16.1 Å². The van der Waals surface area contributed by atoms with Crippen molar-refractivity contribution >= 4 is 0 Å². The number of hydrogen-bond acceptors (Lipinski definition) is 3. The molecule has 1 heterocycles. The molecule has 0 amide bonds. The summed E-state index contributed by atoms with van der Waals surface area (Å²) in [5.74, 6) is 0.710. The molecule has 0 bridgehead atoms. The van der Waals surface area contributed by atoms with E-state index in [9.17, 15) is 0 Å². The van der Waals surface area contributed by atoms with Gasteiger partial charge < -0.3 is 4.74 Å². The van der Waals surface area contributed by atoms with Crippen molar-refractivity contribution < 1.29 is 4.74 Å². The topological polar surface area (TPSA) is 34.0 Å². The van der Waals surface area contributed by atoms with E-state index in [-0.39, 0.29) is 0 Å². The lowest BCUT2D eigenvalue weighted by Gasteiger charge is -2.27. The third-order valence-electron chi connectivity index (χ3n) is 3.14. The Hall–Kier alpha value is -0.960. The van der Waals surface area contributed by atoms with E-state index in [1.165, 1.54) is 12.0 Å². The second-order valence-corrected chi connectivity index (χ2v) is 4.39. The van der Waals surface area contributed by atoms with E-state index in [0.717, 1.165) is 19.4 Å². The van der Waals surface area contributed by atoms with Gasteiger partial charge in [-0.3, -0.25) is 0 Å². The van der Waals surface area contributed by atoms with E-state index < -0.39 is 0 Å². The van der Waals surface area contributed by atoms with Crippen LogP contribution in [0, 0.1) is 5.92 Å². The highest BCUT2D eigenvalue weighted by molar-refractivity contribution is 5.20. The molecule has 2 aliphatic rings. The Balaban J connectivity index is 1.73. The maximum Gasteiger partial charge on any atom is 0.0943 e. The fourth-order valence-corrected chi connectivity index (χ4v) is 2.11. The van der Waals surface area contributed by atoms with Crippen LogP contribution in [0.5, 0.6) is 0 Å². The van der Waals surface area contributed by atoms with Crippen molar-refractivity contribution in [3.8, 4) is 0 Å². The minimum absolute atomic E-state index is 0.343. The molecule has 1 aliphatic heterocycles. The van der Waals surface area contributed by atoms with Crippen molar-refractivity contribution in [1.82, 2.24) is 0 Å². The summed E-state index contributed by atoms with van der Waals surface area (Å²) in [4.78, 5) is 0. The Labute approximate surface area is 90.9 Å². The molecular weight excluding hydrogens is 188 g/mol. The van der Waals surface area contributed by atoms with Gasteiger partial charge in [-0.25, -0.2) is 0 Å². The number of allylic oxidation sites excluding steroid dienone is 1. The molecule has 1 aliphatic carbocycles. The zero-order valence-electron chi connectivity index (χ0n) is 9.44. The lowest BCUT2D eigenvalue weighted by atomic mass is 9.80. The molecule has 3 heteroatoms. The van der Waals surface area contributed by atoms with Crippen LogP contribution in [0.25, 0.3) is 0 Å². The molecule has 2 atom stereocenters. The quantitative estimate of drug-likeness (QED) is 0.636. The van der Waals surface area contributed by atoms with Gasteiger partial charge in [-0.2, -0.15) is 10.2 Å². The van der Waals surface area contributed by atoms with Gasteiger partial charge in [0.2, 0.25) is 0 Å². The monoisotopic (exact) mass is 206 g/mol. The zero-order valence-corrected chi connectivity index (χ0v) is 9.44. The predicted molar refractivity (Wildman–Crippen MR) is 59.7 cm³/mol. The smallest absolute Gasteiger partial charge is 0.0943 e. The Morgan fingerprint density at radius 1 is 1.53 bits per heavy atom. The largest absolute Gasteiger partial charge is 0.384 e. The summed E-state index contributed by atoms with van der Waals surface area (Å²) < 4.78 is 5.05. The average Bonchev–Trinajstić information content (AvgIpc) is 2.55. The van der Waals surface area contributed by atoms with Gasteiger partial charge in [0.1, 0.15) is 0 Å². The Morgan fingerprint density at radius 2 is 2.33 bits per heavy atom. The van der Waals surface area contributed by atoms with Crippen LogP contribution in [0.2, 0.25) is 0 Å². The van der Waals surface area contributed by atoms with E-state index in [4.69, 9.17) is 4.74 Å². The number of ether oxygens (including phenoxy) is 1. The standard InChI is InChI=1S/C12H18N2O/c1-9-8-13-14-12(9)7-11-5-10(6-11)3-4-15-2/h5,8,11-12H,3-4,6-7H2,1-2H3/t11?,12-/m1/s1. The van der Waals surface area contributed by atoms with E-state index in [1.54, 1.807) is 12.7 Å². The van der Waals surface area contributed by atoms with Crippen LogP contribution in [-0.2, 0) is 4.74 Å². The predicted octanol–water partition coefficient (Wildman–Crippen LogP) is 3.10. The summed E-state index contributed by atoms with van der Waals surface area (Å²) in [7, 11) is 1.75. The van der Waals surface area contributed by atoms with E-state index >= 15 is 0 Å². The first-order valence-corrected chi connectivity index (χ1v) is 5.54. The first kappa shape index (κ1) is 10.6. The summed E-state index contributed by atoms with van der Waals surface area (Å²) in [5, 5.41) is 8.15. The first-order valence-electron chi connectivity index (χ1n) is 5.54. The minimum atomic E-state index is 0.343. The molecule has 0 aromatic heterocycles. The maximum atomic E-state index is 5.05. The second kappa shape index (κ2) is 4.71. The minimum Gasteiger partial charge on any atom is -0.384 e. The van der Waals surface area contributed by atoms with Gasteiger partial charge in [0.15, 0.2) is 0 Å². The Bertz CT molecular complexity index is 318. The van der Waals surface area contributed by atoms with E-state index in [1.807, 2.05) is 6.20 Å². The van der Waals surface area contributed by atoms with Gasteiger partial charge in [-0.15, -0.1) is 0 Å². The molecule has 2 rings (SSSR count). The molecular formula is C12H18N2O. The highest BCUT2D eigenvalue weighted by atomic mass is 16.5. The second-order valence-electron chi connectivity index (χ2n) is 4.39. The molecule has 0 N–H and O–H groups in total. The molecule has 1 unspecified atom stereocenters. The summed E-state index contributed by atoms with van der Waals surface area (Å²) in [6.45, 7) is 2.96. The molecule has 0 saturated carbocycles. The first-order chi connectivity index (χ1) is 7.29.